The summed E-state index contributed by atoms with van der Waals surface area (Å²) in [6, 6.07) is 13.6. The molecule has 4 heterocycles. The van der Waals surface area contributed by atoms with Gasteiger partial charge in [0.15, 0.2) is 0 Å². The third-order valence-electron chi connectivity index (χ3n) is 6.60. The highest BCUT2D eigenvalue weighted by atomic mass is 16.5. The van der Waals surface area contributed by atoms with E-state index >= 15 is 0 Å². The van der Waals surface area contributed by atoms with Gasteiger partial charge < -0.3 is 18.9 Å². The van der Waals surface area contributed by atoms with Crippen LogP contribution in [0.4, 0.5) is 0 Å². The Morgan fingerprint density at radius 2 is 1.69 bits per heavy atom. The molecule has 3 aromatic rings. The van der Waals surface area contributed by atoms with Gasteiger partial charge in [0.2, 0.25) is 11.8 Å². The molecule has 0 atom stereocenters. The molecule has 0 saturated carbocycles. The molecule has 2 aliphatic rings. The lowest BCUT2D eigenvalue weighted by Crippen LogP contribution is -2.51. The van der Waals surface area contributed by atoms with Crippen molar-refractivity contribution in [1.82, 2.24) is 24.1 Å². The Morgan fingerprint density at radius 3 is 2.43 bits per heavy atom. The topological polar surface area (TPSA) is 70.4 Å². The van der Waals surface area contributed by atoms with Crippen molar-refractivity contribution >= 4 is 23.5 Å². The predicted octanol–water partition coefficient (Wildman–Crippen LogP) is 2.69. The van der Waals surface area contributed by atoms with E-state index in [2.05, 4.69) is 9.88 Å². The number of carbonyl (C=O) groups is 2. The van der Waals surface area contributed by atoms with E-state index in [-0.39, 0.29) is 11.8 Å². The lowest BCUT2D eigenvalue weighted by molar-refractivity contribution is -0.132. The van der Waals surface area contributed by atoms with Crippen LogP contribution >= 0.6 is 0 Å². The number of benzene rings is 1. The van der Waals surface area contributed by atoms with E-state index in [4.69, 9.17) is 4.74 Å². The zero-order valence-electron chi connectivity index (χ0n) is 19.9. The number of imidazole rings is 1. The molecule has 8 nitrogen and oxygen atoms in total. The van der Waals surface area contributed by atoms with E-state index < -0.39 is 0 Å². The fraction of sp³-hybridized carbons (Fsp3) is 0.370. The van der Waals surface area contributed by atoms with Crippen LogP contribution in [-0.4, -0.2) is 81.7 Å². The number of aromatic nitrogens is 2. The molecule has 1 aromatic carbocycles. The van der Waals surface area contributed by atoms with Gasteiger partial charge in [0.05, 0.1) is 12.2 Å². The molecule has 0 unspecified atom stereocenters. The molecule has 35 heavy (non-hydrogen) atoms. The SMILES string of the molecule is O=C(/C=C/c1ccc(OCc2cn3ccccc3n2)cc1)N1CCN(CC(=O)N2CCCC2)CC1. The molecule has 0 N–H and O–H groups in total. The summed E-state index contributed by atoms with van der Waals surface area (Å²) in [7, 11) is 0. The maximum Gasteiger partial charge on any atom is 0.246 e. The van der Waals surface area contributed by atoms with E-state index in [9.17, 15) is 9.59 Å². The van der Waals surface area contributed by atoms with E-state index in [1.54, 1.807) is 6.08 Å². The average Bonchev–Trinajstić information content (AvgIpc) is 3.57. The number of carbonyl (C=O) groups excluding carboxylic acids is 2. The third kappa shape index (κ3) is 5.89. The van der Waals surface area contributed by atoms with E-state index in [0.29, 0.717) is 26.2 Å². The molecule has 0 spiro atoms. The van der Waals surface area contributed by atoms with Crippen molar-refractivity contribution in [3.63, 3.8) is 0 Å². The summed E-state index contributed by atoms with van der Waals surface area (Å²) >= 11 is 0. The van der Waals surface area contributed by atoms with Crippen LogP contribution in [0, 0.1) is 0 Å². The Bertz CT molecular complexity index is 1160. The second-order valence-electron chi connectivity index (χ2n) is 9.08. The molecule has 2 aliphatic heterocycles. The van der Waals surface area contributed by atoms with Crippen LogP contribution in [0.3, 0.4) is 0 Å². The first-order valence-corrected chi connectivity index (χ1v) is 12.3. The van der Waals surface area contributed by atoms with Crippen molar-refractivity contribution < 1.29 is 14.3 Å². The lowest BCUT2D eigenvalue weighted by Gasteiger charge is -2.34. The summed E-state index contributed by atoms with van der Waals surface area (Å²) in [5.41, 5.74) is 2.70. The number of likely N-dealkylation sites (tertiary alicyclic amines) is 1. The summed E-state index contributed by atoms with van der Waals surface area (Å²) in [4.78, 5) is 35.5. The first-order chi connectivity index (χ1) is 17.1. The standard InChI is InChI=1S/C27H31N5O3/c33-26(31-17-15-29(16-18-31)20-27(34)30-12-3-4-13-30)11-8-22-6-9-24(10-7-22)35-21-23-19-32-14-2-1-5-25(32)28-23/h1-2,5-11,14,19H,3-4,12-13,15-18,20-21H2/b11-8+. The minimum Gasteiger partial charge on any atom is -0.487 e. The molecule has 2 amide bonds. The number of pyridine rings is 1. The molecule has 2 saturated heterocycles. The highest BCUT2D eigenvalue weighted by Crippen LogP contribution is 2.16. The highest BCUT2D eigenvalue weighted by Gasteiger charge is 2.24. The van der Waals surface area contributed by atoms with Crippen LogP contribution in [-0.2, 0) is 16.2 Å². The van der Waals surface area contributed by atoms with Gasteiger partial charge in [0, 0.05) is 57.7 Å². The Kier molecular flexibility index (Phi) is 7.09. The van der Waals surface area contributed by atoms with Gasteiger partial charge in [-0.15, -0.1) is 0 Å². The normalized spacial score (nSPS) is 16.9. The van der Waals surface area contributed by atoms with Gasteiger partial charge in [-0.25, -0.2) is 4.98 Å². The molecule has 8 heteroatoms. The molecular formula is C27H31N5O3. The lowest BCUT2D eigenvalue weighted by atomic mass is 10.2. The molecule has 5 rings (SSSR count). The van der Waals surface area contributed by atoms with E-state index in [1.807, 2.05) is 75.1 Å². The molecule has 0 bridgehead atoms. The average molecular weight is 474 g/mol. The summed E-state index contributed by atoms with van der Waals surface area (Å²) in [6.07, 6.45) is 9.60. The Morgan fingerprint density at radius 1 is 0.914 bits per heavy atom. The van der Waals surface area contributed by atoms with Crippen molar-refractivity contribution in [1.29, 1.82) is 0 Å². The second-order valence-corrected chi connectivity index (χ2v) is 9.08. The fourth-order valence-electron chi connectivity index (χ4n) is 4.55. The van der Waals surface area contributed by atoms with Crippen LogP contribution in [0.2, 0.25) is 0 Å². The Balaban J connectivity index is 1.06. The van der Waals surface area contributed by atoms with Crippen molar-refractivity contribution in [2.45, 2.75) is 19.4 Å². The monoisotopic (exact) mass is 473 g/mol. The van der Waals surface area contributed by atoms with Gasteiger partial charge >= 0.3 is 0 Å². The summed E-state index contributed by atoms with van der Waals surface area (Å²) < 4.78 is 7.83. The quantitative estimate of drug-likeness (QED) is 0.494. The summed E-state index contributed by atoms with van der Waals surface area (Å²) in [5.74, 6) is 0.973. The van der Waals surface area contributed by atoms with Crippen molar-refractivity contribution in [2.75, 3.05) is 45.8 Å². The largest absolute Gasteiger partial charge is 0.487 e. The van der Waals surface area contributed by atoms with Crippen molar-refractivity contribution in [3.8, 4) is 5.75 Å². The highest BCUT2D eigenvalue weighted by molar-refractivity contribution is 5.91. The van der Waals surface area contributed by atoms with Crippen LogP contribution in [0.15, 0.2) is 60.9 Å². The molecule has 2 fully saturated rings. The zero-order valence-corrected chi connectivity index (χ0v) is 19.9. The number of fused-ring (bicyclic) bond motifs is 1. The van der Waals surface area contributed by atoms with E-state index in [1.165, 1.54) is 0 Å². The molecule has 182 valence electrons. The van der Waals surface area contributed by atoms with Gasteiger partial charge in [-0.3, -0.25) is 14.5 Å². The number of hydrogen-bond donors (Lipinski definition) is 0. The number of rotatable bonds is 7. The molecule has 0 radical (unpaired) electrons. The van der Waals surface area contributed by atoms with Gasteiger partial charge in [-0.1, -0.05) is 18.2 Å². The molecule has 0 aliphatic carbocycles. The minimum atomic E-state index is 0.00249. The number of hydrogen-bond acceptors (Lipinski definition) is 5. The van der Waals surface area contributed by atoms with Crippen LogP contribution in [0.5, 0.6) is 5.75 Å². The molecular weight excluding hydrogens is 442 g/mol. The Hall–Kier alpha value is -3.65. The minimum absolute atomic E-state index is 0.00249. The van der Waals surface area contributed by atoms with Crippen LogP contribution in [0.1, 0.15) is 24.1 Å². The van der Waals surface area contributed by atoms with Gasteiger partial charge in [0.1, 0.15) is 18.0 Å². The number of piperazine rings is 1. The maximum absolute atomic E-state index is 12.6. The number of nitrogens with zero attached hydrogens (tertiary/aromatic N) is 5. The van der Waals surface area contributed by atoms with Gasteiger partial charge in [-0.05, 0) is 48.7 Å². The summed E-state index contributed by atoms with van der Waals surface area (Å²) in [5, 5.41) is 0. The van der Waals surface area contributed by atoms with Crippen molar-refractivity contribution in [2.24, 2.45) is 0 Å². The predicted molar refractivity (Wildman–Crippen MR) is 134 cm³/mol. The van der Waals surface area contributed by atoms with Crippen LogP contribution in [0.25, 0.3) is 11.7 Å². The first kappa shape index (κ1) is 23.1. The maximum atomic E-state index is 12.6. The van der Waals surface area contributed by atoms with E-state index in [0.717, 1.165) is 61.7 Å². The fourth-order valence-corrected chi connectivity index (χ4v) is 4.55. The first-order valence-electron chi connectivity index (χ1n) is 12.3. The van der Waals surface area contributed by atoms with Crippen LogP contribution < -0.4 is 4.74 Å². The summed E-state index contributed by atoms with van der Waals surface area (Å²) in [6.45, 7) is 5.38. The Labute approximate surface area is 205 Å². The zero-order chi connectivity index (χ0) is 24.0. The van der Waals surface area contributed by atoms with Gasteiger partial charge in [-0.2, -0.15) is 0 Å². The van der Waals surface area contributed by atoms with Gasteiger partial charge in [0.25, 0.3) is 0 Å². The third-order valence-corrected chi connectivity index (χ3v) is 6.60. The number of amides is 2. The molecule has 2 aromatic heterocycles. The van der Waals surface area contributed by atoms with Crippen molar-refractivity contribution in [3.05, 3.63) is 72.2 Å². The second kappa shape index (κ2) is 10.7. The number of ether oxygens (including phenoxy) is 1. The smallest absolute Gasteiger partial charge is 0.246 e.